The molecule has 2 saturated heterocycles. The maximum Gasteiger partial charge on any atom is 0.253 e. The zero-order valence-electron chi connectivity index (χ0n) is 18.8. The molecule has 0 radical (unpaired) electrons. The number of piperidine rings is 1. The highest BCUT2D eigenvalue weighted by atomic mass is 35.5. The Morgan fingerprint density at radius 1 is 1.15 bits per heavy atom. The zero-order chi connectivity index (χ0) is 22.7. The summed E-state index contributed by atoms with van der Waals surface area (Å²) in [6, 6.07) is 8.82. The second-order valence-corrected chi connectivity index (χ2v) is 10.9. The molecule has 1 amide bonds. The van der Waals surface area contributed by atoms with Gasteiger partial charge in [0.25, 0.3) is 5.91 Å². The summed E-state index contributed by atoms with van der Waals surface area (Å²) >= 11 is 8.39. The number of halogens is 1. The summed E-state index contributed by atoms with van der Waals surface area (Å²) < 4.78 is 5.64. The van der Waals surface area contributed by atoms with Crippen molar-refractivity contribution < 1.29 is 9.53 Å². The average molecular weight is 483 g/mol. The number of hydrogen-bond donors (Lipinski definition) is 1. The third kappa shape index (κ3) is 3.95. The maximum atomic E-state index is 13.3. The van der Waals surface area contributed by atoms with Crippen LogP contribution in [0.2, 0.25) is 5.02 Å². The number of morpholine rings is 1. The molecule has 3 aliphatic rings. The molecule has 4 atom stereocenters. The lowest BCUT2D eigenvalue weighted by atomic mass is 9.91. The molecule has 0 spiro atoms. The van der Waals surface area contributed by atoms with Crippen molar-refractivity contribution in [3.63, 3.8) is 0 Å². The van der Waals surface area contributed by atoms with E-state index in [1.807, 2.05) is 37.1 Å². The van der Waals surface area contributed by atoms with E-state index >= 15 is 0 Å². The van der Waals surface area contributed by atoms with Crippen LogP contribution < -0.4 is 5.32 Å². The Bertz CT molecular complexity index is 1220. The number of aromatic nitrogens is 2. The number of fused-ring (bicyclic) bond motifs is 3. The number of carbonyl (C=O) groups excluding carboxylic acids is 1. The van der Waals surface area contributed by atoms with Gasteiger partial charge in [-0.3, -0.25) is 4.79 Å². The van der Waals surface area contributed by atoms with Crippen molar-refractivity contribution in [1.82, 2.24) is 20.2 Å². The Labute approximate surface area is 202 Å². The molecule has 2 aromatic heterocycles. The Morgan fingerprint density at radius 2 is 1.94 bits per heavy atom. The van der Waals surface area contributed by atoms with E-state index in [9.17, 15) is 4.79 Å². The molecule has 1 N–H and O–H groups in total. The summed E-state index contributed by atoms with van der Waals surface area (Å²) in [7, 11) is 1.91. The van der Waals surface area contributed by atoms with Crippen molar-refractivity contribution in [2.24, 2.45) is 0 Å². The van der Waals surface area contributed by atoms with Crippen molar-refractivity contribution >= 4 is 39.1 Å². The lowest BCUT2D eigenvalue weighted by Crippen LogP contribution is -2.58. The molecule has 3 aromatic rings. The van der Waals surface area contributed by atoms with Gasteiger partial charge in [-0.2, -0.15) is 0 Å². The molecule has 1 aromatic carbocycles. The summed E-state index contributed by atoms with van der Waals surface area (Å²) in [6.45, 7) is 3.40. The van der Waals surface area contributed by atoms with Gasteiger partial charge in [-0.05, 0) is 61.2 Å². The van der Waals surface area contributed by atoms with Gasteiger partial charge < -0.3 is 15.0 Å². The van der Waals surface area contributed by atoms with Gasteiger partial charge in [0.1, 0.15) is 10.7 Å². The SMILES string of the molecule is Cc1nc([C@H]2C[C@@H]2c2ccc(C(=O)N(C)C3CC4COCC(C3)N4)cc2Cl)c2ccsc2n1. The zero-order valence-corrected chi connectivity index (χ0v) is 20.3. The lowest BCUT2D eigenvalue weighted by molar-refractivity contribution is -0.000566. The minimum absolute atomic E-state index is 0.0353. The Morgan fingerprint density at radius 3 is 2.70 bits per heavy atom. The first-order valence-electron chi connectivity index (χ1n) is 11.6. The van der Waals surface area contributed by atoms with Gasteiger partial charge in [0, 0.05) is 47.1 Å². The number of thiophene rings is 1. The van der Waals surface area contributed by atoms with Crippen molar-refractivity contribution in [3.8, 4) is 0 Å². The molecule has 6 nitrogen and oxygen atoms in total. The third-order valence-corrected chi connectivity index (χ3v) is 8.48. The van der Waals surface area contributed by atoms with Crippen LogP contribution in [0.5, 0.6) is 0 Å². The van der Waals surface area contributed by atoms with Gasteiger partial charge in [0.05, 0.1) is 18.9 Å². The fourth-order valence-corrected chi connectivity index (χ4v) is 6.70. The molecule has 1 aliphatic carbocycles. The van der Waals surface area contributed by atoms with E-state index in [0.29, 0.717) is 34.5 Å². The molecule has 1 saturated carbocycles. The number of hydrogen-bond acceptors (Lipinski definition) is 6. The standard InChI is InChI=1S/C25H27ClN4O2S/c1-13-27-23(19-5-6-33-24(19)28-13)21-10-20(21)18-4-3-14(7-22(18)26)25(31)30(2)17-8-15-11-32-12-16(9-17)29-15/h3-7,15-17,20-21,29H,8-12H2,1-2H3/t15?,16?,17?,20-,21+/m1/s1. The van der Waals surface area contributed by atoms with Crippen LogP contribution in [0.3, 0.4) is 0 Å². The van der Waals surface area contributed by atoms with Gasteiger partial charge in [-0.1, -0.05) is 17.7 Å². The maximum absolute atomic E-state index is 13.3. The average Bonchev–Trinajstić information content (AvgIpc) is 3.45. The minimum atomic E-state index is 0.0353. The predicted octanol–water partition coefficient (Wildman–Crippen LogP) is 4.52. The second-order valence-electron chi connectivity index (χ2n) is 9.62. The topological polar surface area (TPSA) is 67.4 Å². The summed E-state index contributed by atoms with van der Waals surface area (Å²) in [5.74, 6) is 1.53. The van der Waals surface area contributed by atoms with Crippen LogP contribution in [-0.2, 0) is 4.74 Å². The van der Waals surface area contributed by atoms with Crippen LogP contribution in [0.25, 0.3) is 10.2 Å². The highest BCUT2D eigenvalue weighted by Crippen LogP contribution is 2.57. The van der Waals surface area contributed by atoms with Crippen LogP contribution in [0, 0.1) is 6.92 Å². The number of nitrogens with zero attached hydrogens (tertiary/aromatic N) is 3. The number of aryl methyl sites for hydroxylation is 1. The molecule has 172 valence electrons. The quantitative estimate of drug-likeness (QED) is 0.592. The van der Waals surface area contributed by atoms with Gasteiger partial charge >= 0.3 is 0 Å². The van der Waals surface area contributed by atoms with Gasteiger partial charge in [0.2, 0.25) is 0 Å². The molecular formula is C25H27ClN4O2S. The number of amides is 1. The molecule has 8 heteroatoms. The number of carbonyl (C=O) groups is 1. The highest BCUT2D eigenvalue weighted by Gasteiger charge is 2.43. The molecule has 2 aliphatic heterocycles. The summed E-state index contributed by atoms with van der Waals surface area (Å²) in [6.07, 6.45) is 2.86. The number of ether oxygens (including phenoxy) is 1. The van der Waals surface area contributed by atoms with E-state index in [1.54, 1.807) is 11.3 Å². The van der Waals surface area contributed by atoms with Crippen molar-refractivity contribution in [2.45, 2.75) is 56.1 Å². The Hall–Kier alpha value is -2.06. The smallest absolute Gasteiger partial charge is 0.253 e. The summed E-state index contributed by atoms with van der Waals surface area (Å²) in [5, 5.41) is 7.49. The second kappa shape index (κ2) is 8.31. The first-order chi connectivity index (χ1) is 16.0. The molecule has 2 unspecified atom stereocenters. The van der Waals surface area contributed by atoms with E-state index in [1.165, 1.54) is 0 Å². The first kappa shape index (κ1) is 21.5. The molecule has 3 fully saturated rings. The largest absolute Gasteiger partial charge is 0.378 e. The van der Waals surface area contributed by atoms with E-state index in [2.05, 4.69) is 21.7 Å². The molecule has 2 bridgehead atoms. The monoisotopic (exact) mass is 482 g/mol. The van der Waals surface area contributed by atoms with E-state index < -0.39 is 0 Å². The van der Waals surface area contributed by atoms with Crippen molar-refractivity contribution in [1.29, 1.82) is 0 Å². The van der Waals surface area contributed by atoms with Gasteiger partial charge in [-0.15, -0.1) is 11.3 Å². The van der Waals surface area contributed by atoms with Crippen LogP contribution >= 0.6 is 22.9 Å². The molecule has 6 rings (SSSR count). The van der Waals surface area contributed by atoms with Crippen molar-refractivity contribution in [3.05, 3.63) is 57.3 Å². The van der Waals surface area contributed by atoms with Crippen LogP contribution in [0.15, 0.2) is 29.6 Å². The van der Waals surface area contributed by atoms with Crippen LogP contribution in [0.1, 0.15) is 58.5 Å². The minimum Gasteiger partial charge on any atom is -0.378 e. The van der Waals surface area contributed by atoms with E-state index in [4.69, 9.17) is 21.3 Å². The molecule has 33 heavy (non-hydrogen) atoms. The van der Waals surface area contributed by atoms with Crippen molar-refractivity contribution in [2.75, 3.05) is 20.3 Å². The van der Waals surface area contributed by atoms with E-state index in [0.717, 1.165) is 59.8 Å². The fraction of sp³-hybridized carbons (Fsp3) is 0.480. The normalized spacial score (nSPS) is 28.6. The third-order valence-electron chi connectivity index (χ3n) is 7.35. The molecular weight excluding hydrogens is 456 g/mol. The lowest BCUT2D eigenvalue weighted by Gasteiger charge is -2.43. The number of nitrogens with one attached hydrogen (secondary N) is 1. The first-order valence-corrected chi connectivity index (χ1v) is 12.9. The Kier molecular flexibility index (Phi) is 5.41. The Balaban J connectivity index is 1.19. The van der Waals surface area contributed by atoms with E-state index in [-0.39, 0.29) is 11.9 Å². The number of benzene rings is 1. The summed E-state index contributed by atoms with van der Waals surface area (Å²) in [5.41, 5.74) is 2.88. The van der Waals surface area contributed by atoms with Gasteiger partial charge in [-0.25, -0.2) is 9.97 Å². The molecule has 4 heterocycles. The number of rotatable bonds is 4. The van der Waals surface area contributed by atoms with Crippen LogP contribution in [-0.4, -0.2) is 59.2 Å². The van der Waals surface area contributed by atoms with Crippen LogP contribution in [0.4, 0.5) is 0 Å². The van der Waals surface area contributed by atoms with Gasteiger partial charge in [0.15, 0.2) is 0 Å². The highest BCUT2D eigenvalue weighted by molar-refractivity contribution is 7.16. The summed E-state index contributed by atoms with van der Waals surface area (Å²) in [4.78, 5) is 25.5. The fourth-order valence-electron chi connectivity index (χ4n) is 5.57. The predicted molar refractivity (Wildman–Crippen MR) is 130 cm³/mol.